The Bertz CT molecular complexity index is 1000. The number of nitrogens with one attached hydrogen (secondary N) is 1. The van der Waals surface area contributed by atoms with Crippen LogP contribution in [0.25, 0.3) is 11.1 Å². The van der Waals surface area contributed by atoms with E-state index >= 15 is 0 Å². The first-order chi connectivity index (χ1) is 14.6. The summed E-state index contributed by atoms with van der Waals surface area (Å²) in [7, 11) is 3.49. The van der Waals surface area contributed by atoms with Crippen molar-refractivity contribution >= 4 is 17.5 Å². The molecule has 1 aliphatic heterocycles. The topological polar surface area (TPSA) is 70.6 Å². The molecule has 1 saturated heterocycles. The number of likely N-dealkylation sites (N-methyl/N-ethyl adjacent to an activating group) is 1. The highest BCUT2D eigenvalue weighted by Gasteiger charge is 2.22. The van der Waals surface area contributed by atoms with Crippen molar-refractivity contribution in [1.82, 2.24) is 14.9 Å². The maximum Gasteiger partial charge on any atom is 0.241 e. The van der Waals surface area contributed by atoms with Gasteiger partial charge in [-0.1, -0.05) is 36.4 Å². The summed E-state index contributed by atoms with van der Waals surface area (Å²) in [6.45, 7) is 2.47. The Morgan fingerprint density at radius 2 is 1.70 bits per heavy atom. The summed E-state index contributed by atoms with van der Waals surface area (Å²) in [5, 5.41) is 3.35. The Hall–Kier alpha value is -3.61. The van der Waals surface area contributed by atoms with E-state index in [0.717, 1.165) is 40.6 Å². The summed E-state index contributed by atoms with van der Waals surface area (Å²) >= 11 is 0. The van der Waals surface area contributed by atoms with Gasteiger partial charge >= 0.3 is 0 Å². The zero-order chi connectivity index (χ0) is 20.9. The van der Waals surface area contributed by atoms with E-state index in [1.165, 1.54) is 6.33 Å². The van der Waals surface area contributed by atoms with Crippen LogP contribution in [0.5, 0.6) is 5.75 Å². The van der Waals surface area contributed by atoms with Crippen LogP contribution < -0.4 is 15.0 Å². The van der Waals surface area contributed by atoms with E-state index in [1.807, 2.05) is 30.1 Å². The summed E-state index contributed by atoms with van der Waals surface area (Å²) in [5.74, 6) is 2.46. The zero-order valence-electron chi connectivity index (χ0n) is 17.2. The molecular weight excluding hydrogens is 378 g/mol. The second-order valence-corrected chi connectivity index (χ2v) is 7.28. The molecule has 0 aliphatic carbocycles. The zero-order valence-corrected chi connectivity index (χ0v) is 17.2. The molecule has 1 N–H and O–H groups in total. The molecule has 1 fully saturated rings. The first kappa shape index (κ1) is 19.7. The minimum absolute atomic E-state index is 0.103. The molecule has 2 aromatic carbocycles. The van der Waals surface area contributed by atoms with E-state index in [1.54, 1.807) is 12.0 Å². The molecule has 2 heterocycles. The number of anilines is 2. The Morgan fingerprint density at radius 1 is 1.00 bits per heavy atom. The van der Waals surface area contributed by atoms with Gasteiger partial charge < -0.3 is 19.9 Å². The summed E-state index contributed by atoms with van der Waals surface area (Å²) in [5.41, 5.74) is 3.46. The van der Waals surface area contributed by atoms with E-state index < -0.39 is 0 Å². The van der Waals surface area contributed by atoms with Crippen molar-refractivity contribution in [2.75, 3.05) is 44.0 Å². The quantitative estimate of drug-likeness (QED) is 0.682. The summed E-state index contributed by atoms with van der Waals surface area (Å²) in [4.78, 5) is 24.3. The normalized spacial score (nSPS) is 14.0. The monoisotopic (exact) mass is 403 g/mol. The van der Waals surface area contributed by atoms with Crippen LogP contribution >= 0.6 is 0 Å². The van der Waals surface area contributed by atoms with Gasteiger partial charge in [0.05, 0.1) is 13.7 Å². The van der Waals surface area contributed by atoms with Gasteiger partial charge in [-0.2, -0.15) is 0 Å². The molecular formula is C23H25N5O2. The molecule has 0 bridgehead atoms. The van der Waals surface area contributed by atoms with Crippen LogP contribution in [0.4, 0.5) is 11.6 Å². The lowest BCUT2D eigenvalue weighted by atomic mass is 10.0. The van der Waals surface area contributed by atoms with Crippen molar-refractivity contribution in [3.05, 3.63) is 66.5 Å². The highest BCUT2D eigenvalue weighted by Crippen LogP contribution is 2.23. The molecule has 0 radical (unpaired) electrons. The number of ether oxygens (including phenoxy) is 1. The molecule has 154 valence electrons. The molecule has 7 heteroatoms. The number of nitrogens with zero attached hydrogens (tertiary/aromatic N) is 4. The SMILES string of the molecule is COc1ccc(-c2ccc(CNc3cc(N4CCN(C)C(=O)C4)ncn3)cc2)cc1. The highest BCUT2D eigenvalue weighted by atomic mass is 16.5. The number of piperazine rings is 1. The fourth-order valence-corrected chi connectivity index (χ4v) is 3.36. The fraction of sp³-hybridized carbons (Fsp3) is 0.261. The average molecular weight is 403 g/mol. The van der Waals surface area contributed by atoms with Crippen LogP contribution in [0.2, 0.25) is 0 Å². The number of carbonyl (C=O) groups excluding carboxylic acids is 1. The van der Waals surface area contributed by atoms with E-state index in [0.29, 0.717) is 19.6 Å². The number of carbonyl (C=O) groups is 1. The van der Waals surface area contributed by atoms with E-state index in [9.17, 15) is 4.79 Å². The van der Waals surface area contributed by atoms with Crippen LogP contribution in [0.15, 0.2) is 60.9 Å². The number of hydrogen-bond acceptors (Lipinski definition) is 6. The first-order valence-corrected chi connectivity index (χ1v) is 9.90. The van der Waals surface area contributed by atoms with Gasteiger partial charge in [-0.25, -0.2) is 9.97 Å². The second-order valence-electron chi connectivity index (χ2n) is 7.28. The maximum atomic E-state index is 12.0. The number of methoxy groups -OCH3 is 1. The largest absolute Gasteiger partial charge is 0.497 e. The predicted molar refractivity (Wildman–Crippen MR) is 118 cm³/mol. The number of amides is 1. The minimum atomic E-state index is 0.103. The van der Waals surface area contributed by atoms with E-state index in [2.05, 4.69) is 51.7 Å². The third-order valence-corrected chi connectivity index (χ3v) is 5.28. The molecule has 0 unspecified atom stereocenters. The molecule has 1 aromatic heterocycles. The van der Waals surface area contributed by atoms with Crippen LogP contribution in [0.3, 0.4) is 0 Å². The van der Waals surface area contributed by atoms with Crippen molar-refractivity contribution in [2.45, 2.75) is 6.54 Å². The lowest BCUT2D eigenvalue weighted by Crippen LogP contribution is -2.48. The number of rotatable bonds is 6. The van der Waals surface area contributed by atoms with Gasteiger partial charge in [-0.3, -0.25) is 4.79 Å². The minimum Gasteiger partial charge on any atom is -0.497 e. The number of hydrogen-bond donors (Lipinski definition) is 1. The van der Waals surface area contributed by atoms with Crippen molar-refractivity contribution in [1.29, 1.82) is 0 Å². The molecule has 0 spiro atoms. The maximum absolute atomic E-state index is 12.0. The third kappa shape index (κ3) is 4.51. The second kappa shape index (κ2) is 8.82. The molecule has 7 nitrogen and oxygen atoms in total. The lowest BCUT2D eigenvalue weighted by molar-refractivity contribution is -0.129. The molecule has 0 atom stereocenters. The Kier molecular flexibility index (Phi) is 5.79. The van der Waals surface area contributed by atoms with Gasteiger partial charge in [0, 0.05) is 32.7 Å². The molecule has 0 saturated carbocycles. The van der Waals surface area contributed by atoms with Crippen LogP contribution in [0, 0.1) is 0 Å². The number of benzene rings is 2. The summed E-state index contributed by atoms with van der Waals surface area (Å²) < 4.78 is 5.21. The highest BCUT2D eigenvalue weighted by molar-refractivity contribution is 5.82. The van der Waals surface area contributed by atoms with E-state index in [-0.39, 0.29) is 5.91 Å². The smallest absolute Gasteiger partial charge is 0.241 e. The molecule has 3 aromatic rings. The average Bonchev–Trinajstić information content (AvgIpc) is 2.80. The Labute approximate surface area is 176 Å². The standard InChI is InChI=1S/C23H25N5O2/c1-27-11-12-28(15-23(27)29)22-13-21(25-16-26-22)24-14-17-3-5-18(6-4-17)19-7-9-20(30-2)10-8-19/h3-10,13,16H,11-12,14-15H2,1-2H3,(H,24,25,26). The van der Waals surface area contributed by atoms with Crippen molar-refractivity contribution < 1.29 is 9.53 Å². The van der Waals surface area contributed by atoms with Crippen LogP contribution in [0.1, 0.15) is 5.56 Å². The summed E-state index contributed by atoms with van der Waals surface area (Å²) in [6.07, 6.45) is 1.53. The third-order valence-electron chi connectivity index (χ3n) is 5.28. The van der Waals surface area contributed by atoms with Gasteiger partial charge in [0.2, 0.25) is 5.91 Å². The molecule has 1 aliphatic rings. The lowest BCUT2D eigenvalue weighted by Gasteiger charge is -2.32. The van der Waals surface area contributed by atoms with Gasteiger partial charge in [0.1, 0.15) is 23.7 Å². The van der Waals surface area contributed by atoms with E-state index in [4.69, 9.17) is 4.74 Å². The fourth-order valence-electron chi connectivity index (χ4n) is 3.36. The first-order valence-electron chi connectivity index (χ1n) is 9.90. The Balaban J connectivity index is 1.38. The van der Waals surface area contributed by atoms with Crippen molar-refractivity contribution in [3.8, 4) is 16.9 Å². The summed E-state index contributed by atoms with van der Waals surface area (Å²) in [6, 6.07) is 18.4. The van der Waals surface area contributed by atoms with Crippen LogP contribution in [-0.2, 0) is 11.3 Å². The van der Waals surface area contributed by atoms with Gasteiger partial charge in [0.15, 0.2) is 0 Å². The molecule has 30 heavy (non-hydrogen) atoms. The van der Waals surface area contributed by atoms with Crippen molar-refractivity contribution in [3.63, 3.8) is 0 Å². The van der Waals surface area contributed by atoms with Gasteiger partial charge in [-0.15, -0.1) is 0 Å². The molecule has 4 rings (SSSR count). The van der Waals surface area contributed by atoms with Gasteiger partial charge in [0.25, 0.3) is 0 Å². The van der Waals surface area contributed by atoms with Gasteiger partial charge in [-0.05, 0) is 28.8 Å². The van der Waals surface area contributed by atoms with Crippen LogP contribution in [-0.4, -0.2) is 54.6 Å². The molecule has 1 amide bonds. The number of aromatic nitrogens is 2. The van der Waals surface area contributed by atoms with Crippen molar-refractivity contribution in [2.24, 2.45) is 0 Å². The Morgan fingerprint density at radius 3 is 2.37 bits per heavy atom. The predicted octanol–water partition coefficient (Wildman–Crippen LogP) is 3.04.